The van der Waals surface area contributed by atoms with Crippen molar-refractivity contribution < 1.29 is 4.74 Å². The maximum absolute atomic E-state index is 6.01. The van der Waals surface area contributed by atoms with Gasteiger partial charge in [-0.2, -0.15) is 0 Å². The van der Waals surface area contributed by atoms with E-state index in [-0.39, 0.29) is 5.41 Å². The van der Waals surface area contributed by atoms with Crippen molar-refractivity contribution in [2.24, 2.45) is 0 Å². The molecule has 1 aromatic rings. The number of hydrogen-bond donors (Lipinski definition) is 1. The topological polar surface area (TPSA) is 21.3 Å². The van der Waals surface area contributed by atoms with Crippen LogP contribution in [-0.4, -0.2) is 19.2 Å². The summed E-state index contributed by atoms with van der Waals surface area (Å²) < 4.78 is 6.01. The van der Waals surface area contributed by atoms with Crippen LogP contribution in [0.4, 0.5) is 0 Å². The smallest absolute Gasteiger partial charge is 0.123 e. The molecule has 0 radical (unpaired) electrons. The summed E-state index contributed by atoms with van der Waals surface area (Å²) in [6.07, 6.45) is 3.47. The predicted molar refractivity (Wildman–Crippen MR) is 87.6 cm³/mol. The minimum atomic E-state index is 0.131. The number of para-hydroxylation sites is 1. The highest BCUT2D eigenvalue weighted by atomic mass is 16.5. The van der Waals surface area contributed by atoms with Crippen LogP contribution in [0.3, 0.4) is 0 Å². The molecule has 2 heteroatoms. The number of ether oxygens (including phenoxy) is 1. The van der Waals surface area contributed by atoms with E-state index in [0.717, 1.165) is 25.3 Å². The second-order valence-electron chi connectivity index (χ2n) is 6.40. The molecule has 1 unspecified atom stereocenters. The summed E-state index contributed by atoms with van der Waals surface area (Å²) in [5.74, 6) is 1.04. The summed E-state index contributed by atoms with van der Waals surface area (Å²) in [6, 6.07) is 9.02. The molecule has 1 N–H and O–H groups in total. The van der Waals surface area contributed by atoms with E-state index in [1.165, 1.54) is 18.4 Å². The molecule has 0 amide bonds. The van der Waals surface area contributed by atoms with E-state index in [1.807, 2.05) is 0 Å². The lowest BCUT2D eigenvalue weighted by Gasteiger charge is -2.23. The van der Waals surface area contributed by atoms with E-state index in [4.69, 9.17) is 4.74 Å². The molecule has 20 heavy (non-hydrogen) atoms. The molecule has 0 heterocycles. The quantitative estimate of drug-likeness (QED) is 0.705. The van der Waals surface area contributed by atoms with E-state index in [0.29, 0.717) is 6.04 Å². The second-order valence-corrected chi connectivity index (χ2v) is 6.40. The maximum Gasteiger partial charge on any atom is 0.123 e. The molecule has 0 saturated carbocycles. The Morgan fingerprint density at radius 1 is 1.15 bits per heavy atom. The fourth-order valence-corrected chi connectivity index (χ4v) is 2.46. The van der Waals surface area contributed by atoms with Crippen molar-refractivity contribution >= 4 is 0 Å². The van der Waals surface area contributed by atoms with Crippen molar-refractivity contribution in [2.45, 2.75) is 65.3 Å². The van der Waals surface area contributed by atoms with Gasteiger partial charge in [0.15, 0.2) is 0 Å². The summed E-state index contributed by atoms with van der Waals surface area (Å²) in [6.45, 7) is 12.9. The third-order valence-electron chi connectivity index (χ3n) is 3.64. The summed E-state index contributed by atoms with van der Waals surface area (Å²) in [7, 11) is 0. The second kappa shape index (κ2) is 8.31. The number of hydrogen-bond acceptors (Lipinski definition) is 2. The lowest BCUT2D eigenvalue weighted by molar-refractivity contribution is 0.288. The van der Waals surface area contributed by atoms with Gasteiger partial charge in [-0.3, -0.25) is 0 Å². The van der Waals surface area contributed by atoms with Crippen LogP contribution in [0.5, 0.6) is 5.75 Å². The summed E-state index contributed by atoms with van der Waals surface area (Å²) in [4.78, 5) is 0. The Morgan fingerprint density at radius 3 is 2.45 bits per heavy atom. The molecule has 0 aromatic heterocycles. The van der Waals surface area contributed by atoms with Gasteiger partial charge >= 0.3 is 0 Å². The van der Waals surface area contributed by atoms with Gasteiger partial charge in [0.2, 0.25) is 0 Å². The van der Waals surface area contributed by atoms with Crippen LogP contribution in [0.25, 0.3) is 0 Å². The largest absolute Gasteiger partial charge is 0.493 e. The average Bonchev–Trinajstić information content (AvgIpc) is 2.41. The zero-order valence-electron chi connectivity index (χ0n) is 13.8. The van der Waals surface area contributed by atoms with Crippen LogP contribution in [-0.2, 0) is 5.41 Å². The normalized spacial score (nSPS) is 13.2. The molecule has 0 aliphatic carbocycles. The van der Waals surface area contributed by atoms with Gasteiger partial charge in [-0.15, -0.1) is 0 Å². The van der Waals surface area contributed by atoms with Crippen LogP contribution >= 0.6 is 0 Å². The third kappa shape index (κ3) is 5.54. The summed E-state index contributed by atoms with van der Waals surface area (Å²) in [5, 5.41) is 3.51. The minimum Gasteiger partial charge on any atom is -0.493 e. The van der Waals surface area contributed by atoms with Crippen LogP contribution in [0, 0.1) is 0 Å². The molecule has 114 valence electrons. The van der Waals surface area contributed by atoms with E-state index < -0.39 is 0 Å². The van der Waals surface area contributed by atoms with Crippen molar-refractivity contribution in [1.82, 2.24) is 5.32 Å². The highest BCUT2D eigenvalue weighted by Crippen LogP contribution is 2.30. The number of nitrogens with one attached hydrogen (secondary N) is 1. The molecule has 0 aliphatic rings. The van der Waals surface area contributed by atoms with E-state index in [2.05, 4.69) is 64.2 Å². The third-order valence-corrected chi connectivity index (χ3v) is 3.64. The summed E-state index contributed by atoms with van der Waals surface area (Å²) in [5.41, 5.74) is 1.42. The molecule has 1 aromatic carbocycles. The Kier molecular flexibility index (Phi) is 7.08. The zero-order valence-corrected chi connectivity index (χ0v) is 13.8. The van der Waals surface area contributed by atoms with Gasteiger partial charge in [0.05, 0.1) is 6.61 Å². The molecule has 0 fully saturated rings. The van der Waals surface area contributed by atoms with Crippen LogP contribution in [0.1, 0.15) is 59.4 Å². The molecule has 1 rings (SSSR count). The lowest BCUT2D eigenvalue weighted by atomic mass is 9.86. The Labute approximate surface area is 124 Å². The summed E-state index contributed by atoms with van der Waals surface area (Å²) >= 11 is 0. The SMILES string of the molecule is CCNC(CC)CCCOc1ccccc1C(C)(C)C. The van der Waals surface area contributed by atoms with Gasteiger partial charge in [0.1, 0.15) is 5.75 Å². The van der Waals surface area contributed by atoms with E-state index in [1.54, 1.807) is 0 Å². The van der Waals surface area contributed by atoms with Crippen molar-refractivity contribution in [3.63, 3.8) is 0 Å². The van der Waals surface area contributed by atoms with Crippen molar-refractivity contribution in [3.8, 4) is 5.75 Å². The van der Waals surface area contributed by atoms with E-state index in [9.17, 15) is 0 Å². The molecular weight excluding hydrogens is 246 g/mol. The van der Waals surface area contributed by atoms with Gasteiger partial charge in [-0.25, -0.2) is 0 Å². The maximum atomic E-state index is 6.01. The monoisotopic (exact) mass is 277 g/mol. The fourth-order valence-electron chi connectivity index (χ4n) is 2.46. The Balaban J connectivity index is 2.46. The molecular formula is C18H31NO. The Morgan fingerprint density at radius 2 is 1.85 bits per heavy atom. The first-order valence-corrected chi connectivity index (χ1v) is 7.94. The minimum absolute atomic E-state index is 0.131. The Bertz CT molecular complexity index is 381. The molecule has 0 aliphatic heterocycles. The number of benzene rings is 1. The lowest BCUT2D eigenvalue weighted by Crippen LogP contribution is -2.28. The zero-order chi connectivity index (χ0) is 15.0. The molecule has 0 spiro atoms. The average molecular weight is 277 g/mol. The molecule has 0 saturated heterocycles. The van der Waals surface area contributed by atoms with Crippen LogP contribution in [0.15, 0.2) is 24.3 Å². The predicted octanol–water partition coefficient (Wildman–Crippen LogP) is 4.53. The van der Waals surface area contributed by atoms with Crippen LogP contribution < -0.4 is 10.1 Å². The van der Waals surface area contributed by atoms with E-state index >= 15 is 0 Å². The van der Waals surface area contributed by atoms with Crippen molar-refractivity contribution in [1.29, 1.82) is 0 Å². The highest BCUT2D eigenvalue weighted by molar-refractivity contribution is 5.38. The fraction of sp³-hybridized carbons (Fsp3) is 0.667. The number of rotatable bonds is 8. The van der Waals surface area contributed by atoms with Gasteiger partial charge in [0, 0.05) is 6.04 Å². The van der Waals surface area contributed by atoms with Gasteiger partial charge in [0.25, 0.3) is 0 Å². The van der Waals surface area contributed by atoms with Gasteiger partial charge in [-0.1, -0.05) is 52.8 Å². The Hall–Kier alpha value is -1.02. The van der Waals surface area contributed by atoms with Crippen molar-refractivity contribution in [2.75, 3.05) is 13.2 Å². The standard InChI is InChI=1S/C18H31NO/c1-6-15(19-7-2)11-10-14-20-17-13-9-8-12-16(17)18(3,4)5/h8-9,12-13,15,19H,6-7,10-11,14H2,1-5H3. The molecule has 1 atom stereocenters. The first-order chi connectivity index (χ1) is 9.49. The van der Waals surface area contributed by atoms with Crippen LogP contribution in [0.2, 0.25) is 0 Å². The first kappa shape index (κ1) is 17.0. The molecule has 0 bridgehead atoms. The molecule has 2 nitrogen and oxygen atoms in total. The first-order valence-electron chi connectivity index (χ1n) is 7.94. The highest BCUT2D eigenvalue weighted by Gasteiger charge is 2.18. The van der Waals surface area contributed by atoms with Gasteiger partial charge < -0.3 is 10.1 Å². The van der Waals surface area contributed by atoms with Gasteiger partial charge in [-0.05, 0) is 42.9 Å². The van der Waals surface area contributed by atoms with Crippen molar-refractivity contribution in [3.05, 3.63) is 29.8 Å².